The predicted molar refractivity (Wildman–Crippen MR) is 109 cm³/mol. The largest absolute Gasteiger partial charge is 0.353 e. The molecule has 0 saturated carbocycles. The Morgan fingerprint density at radius 1 is 1.04 bits per heavy atom. The van der Waals surface area contributed by atoms with Crippen molar-refractivity contribution >= 4 is 17.3 Å². The second-order valence-electron chi connectivity index (χ2n) is 7.11. The maximum atomic E-state index is 13.2. The molecular weight excluding hydrogens is 348 g/mol. The summed E-state index contributed by atoms with van der Waals surface area (Å²) in [7, 11) is 0. The molecule has 0 bridgehead atoms. The molecule has 5 heteroatoms. The lowest BCUT2D eigenvalue weighted by Crippen LogP contribution is -2.53. The SMILES string of the molecule is N#CC1(C(=O)N2CCN(c3ccccn3)CC2)C=CC(c2ccccc2)=CC1. The number of hydrogen-bond donors (Lipinski definition) is 0. The van der Waals surface area contributed by atoms with Gasteiger partial charge in [0.05, 0.1) is 6.07 Å². The molecule has 2 aromatic rings. The van der Waals surface area contributed by atoms with Crippen LogP contribution in [0.25, 0.3) is 5.57 Å². The molecule has 1 saturated heterocycles. The molecule has 0 radical (unpaired) electrons. The molecule has 1 unspecified atom stereocenters. The average Bonchev–Trinajstić information content (AvgIpc) is 2.80. The fourth-order valence-electron chi connectivity index (χ4n) is 3.73. The molecule has 140 valence electrons. The highest BCUT2D eigenvalue weighted by atomic mass is 16.2. The van der Waals surface area contributed by atoms with Gasteiger partial charge in [-0.25, -0.2) is 4.98 Å². The number of benzene rings is 1. The summed E-state index contributed by atoms with van der Waals surface area (Å²) in [5.74, 6) is 0.827. The predicted octanol–water partition coefficient (Wildman–Crippen LogP) is 3.28. The van der Waals surface area contributed by atoms with Gasteiger partial charge in [-0.15, -0.1) is 0 Å². The zero-order chi connectivity index (χ0) is 19.4. The Morgan fingerprint density at radius 3 is 2.39 bits per heavy atom. The normalized spacial score (nSPS) is 21.8. The van der Waals surface area contributed by atoms with Crippen LogP contribution >= 0.6 is 0 Å². The summed E-state index contributed by atoms with van der Waals surface area (Å²) < 4.78 is 0. The number of pyridine rings is 1. The van der Waals surface area contributed by atoms with E-state index in [2.05, 4.69) is 16.0 Å². The van der Waals surface area contributed by atoms with Crippen molar-refractivity contribution in [2.24, 2.45) is 5.41 Å². The summed E-state index contributed by atoms with van der Waals surface area (Å²) in [5.41, 5.74) is 1.05. The second kappa shape index (κ2) is 7.69. The molecule has 1 atom stereocenters. The summed E-state index contributed by atoms with van der Waals surface area (Å²) in [4.78, 5) is 21.5. The number of nitrogens with zero attached hydrogens (tertiary/aromatic N) is 4. The maximum absolute atomic E-state index is 13.2. The first-order valence-corrected chi connectivity index (χ1v) is 9.53. The molecule has 5 nitrogen and oxygen atoms in total. The fourth-order valence-corrected chi connectivity index (χ4v) is 3.73. The molecule has 1 fully saturated rings. The second-order valence-corrected chi connectivity index (χ2v) is 7.11. The lowest BCUT2D eigenvalue weighted by molar-refractivity contribution is -0.137. The quantitative estimate of drug-likeness (QED) is 0.832. The van der Waals surface area contributed by atoms with Crippen LogP contribution in [0.4, 0.5) is 5.82 Å². The van der Waals surface area contributed by atoms with Gasteiger partial charge in [0, 0.05) is 32.4 Å². The number of anilines is 1. The molecular formula is C23H22N4O. The van der Waals surface area contributed by atoms with E-state index in [4.69, 9.17) is 0 Å². The van der Waals surface area contributed by atoms with Gasteiger partial charge in [-0.1, -0.05) is 54.6 Å². The van der Waals surface area contributed by atoms with E-state index in [1.165, 1.54) is 0 Å². The Kier molecular flexibility index (Phi) is 4.94. The van der Waals surface area contributed by atoms with Crippen molar-refractivity contribution in [2.45, 2.75) is 6.42 Å². The van der Waals surface area contributed by atoms with Crippen LogP contribution in [0.2, 0.25) is 0 Å². The minimum Gasteiger partial charge on any atom is -0.353 e. The van der Waals surface area contributed by atoms with Crippen molar-refractivity contribution in [3.63, 3.8) is 0 Å². The minimum absolute atomic E-state index is 0.102. The summed E-state index contributed by atoms with van der Waals surface area (Å²) in [5, 5.41) is 9.83. The molecule has 1 aromatic carbocycles. The standard InChI is InChI=1S/C23H22N4O/c24-18-23(11-9-20(10-12-23)19-6-2-1-3-7-19)22(28)27-16-14-26(15-17-27)21-8-4-5-13-25-21/h1-11,13H,12,14-17H2. The van der Waals surface area contributed by atoms with Gasteiger partial charge in [0.15, 0.2) is 5.41 Å². The van der Waals surface area contributed by atoms with Crippen LogP contribution in [-0.2, 0) is 4.79 Å². The van der Waals surface area contributed by atoms with Gasteiger partial charge >= 0.3 is 0 Å². The van der Waals surface area contributed by atoms with Crippen molar-refractivity contribution in [3.05, 3.63) is 78.5 Å². The highest BCUT2D eigenvalue weighted by Gasteiger charge is 2.40. The van der Waals surface area contributed by atoms with Crippen LogP contribution in [0.3, 0.4) is 0 Å². The van der Waals surface area contributed by atoms with Crippen molar-refractivity contribution in [1.82, 2.24) is 9.88 Å². The smallest absolute Gasteiger partial charge is 0.247 e. The number of hydrogen-bond acceptors (Lipinski definition) is 4. The Labute approximate surface area is 165 Å². The number of nitriles is 1. The molecule has 1 amide bonds. The molecule has 28 heavy (non-hydrogen) atoms. The molecule has 2 heterocycles. The molecule has 1 aliphatic carbocycles. The van der Waals surface area contributed by atoms with E-state index in [1.54, 1.807) is 12.3 Å². The Bertz CT molecular complexity index is 938. The lowest BCUT2D eigenvalue weighted by atomic mass is 9.79. The van der Waals surface area contributed by atoms with Crippen molar-refractivity contribution in [3.8, 4) is 6.07 Å². The molecule has 1 aromatic heterocycles. The Balaban J connectivity index is 1.44. The number of rotatable bonds is 3. The molecule has 1 aliphatic heterocycles. The van der Waals surface area contributed by atoms with Gasteiger partial charge in [-0.3, -0.25) is 4.79 Å². The number of carbonyl (C=O) groups excluding carboxylic acids is 1. The van der Waals surface area contributed by atoms with Gasteiger partial charge in [0.1, 0.15) is 5.82 Å². The highest BCUT2D eigenvalue weighted by molar-refractivity contribution is 5.90. The summed E-state index contributed by atoms with van der Waals surface area (Å²) in [6.07, 6.45) is 7.87. The first-order valence-electron chi connectivity index (χ1n) is 9.53. The van der Waals surface area contributed by atoms with Crippen molar-refractivity contribution in [2.75, 3.05) is 31.1 Å². The topological polar surface area (TPSA) is 60.2 Å². The van der Waals surface area contributed by atoms with E-state index in [-0.39, 0.29) is 5.91 Å². The van der Waals surface area contributed by atoms with E-state index >= 15 is 0 Å². The first-order chi connectivity index (χ1) is 13.7. The van der Waals surface area contributed by atoms with Crippen LogP contribution in [0, 0.1) is 16.7 Å². The Morgan fingerprint density at radius 2 is 1.79 bits per heavy atom. The number of piperazine rings is 1. The molecule has 0 spiro atoms. The summed E-state index contributed by atoms with van der Waals surface area (Å²) in [6, 6.07) is 18.1. The molecule has 4 rings (SSSR count). The molecule has 0 N–H and O–H groups in total. The van der Waals surface area contributed by atoms with Gasteiger partial charge in [-0.2, -0.15) is 5.26 Å². The van der Waals surface area contributed by atoms with E-state index in [0.717, 1.165) is 30.0 Å². The van der Waals surface area contributed by atoms with E-state index in [0.29, 0.717) is 19.5 Å². The third-order valence-electron chi connectivity index (χ3n) is 5.42. The number of aromatic nitrogens is 1. The van der Waals surface area contributed by atoms with Gasteiger partial charge < -0.3 is 9.80 Å². The summed E-state index contributed by atoms with van der Waals surface area (Å²) in [6.45, 7) is 2.64. The number of allylic oxidation sites excluding steroid dienone is 3. The van der Waals surface area contributed by atoms with Gasteiger partial charge in [0.25, 0.3) is 0 Å². The van der Waals surface area contributed by atoms with Crippen LogP contribution in [0.15, 0.2) is 73.0 Å². The third-order valence-corrected chi connectivity index (χ3v) is 5.42. The van der Waals surface area contributed by atoms with Crippen molar-refractivity contribution in [1.29, 1.82) is 5.26 Å². The van der Waals surface area contributed by atoms with Crippen LogP contribution in [-0.4, -0.2) is 42.0 Å². The van der Waals surface area contributed by atoms with E-state index in [9.17, 15) is 10.1 Å². The van der Waals surface area contributed by atoms with E-state index < -0.39 is 5.41 Å². The fraction of sp³-hybridized carbons (Fsp3) is 0.261. The van der Waals surface area contributed by atoms with Crippen LogP contribution in [0.1, 0.15) is 12.0 Å². The molecule has 2 aliphatic rings. The average molecular weight is 370 g/mol. The van der Waals surface area contributed by atoms with Crippen molar-refractivity contribution < 1.29 is 4.79 Å². The maximum Gasteiger partial charge on any atom is 0.247 e. The van der Waals surface area contributed by atoms with Crippen LogP contribution < -0.4 is 4.90 Å². The lowest BCUT2D eigenvalue weighted by Gasteiger charge is -2.38. The summed E-state index contributed by atoms with van der Waals surface area (Å²) >= 11 is 0. The monoisotopic (exact) mass is 370 g/mol. The van der Waals surface area contributed by atoms with E-state index in [1.807, 2.05) is 65.6 Å². The number of amides is 1. The van der Waals surface area contributed by atoms with Crippen LogP contribution in [0.5, 0.6) is 0 Å². The third kappa shape index (κ3) is 3.41. The zero-order valence-corrected chi connectivity index (χ0v) is 15.7. The highest BCUT2D eigenvalue weighted by Crippen LogP contribution is 2.35. The first kappa shape index (κ1) is 18.0. The number of carbonyl (C=O) groups is 1. The Hall–Kier alpha value is -3.39. The van der Waals surface area contributed by atoms with Gasteiger partial charge in [0.2, 0.25) is 5.91 Å². The minimum atomic E-state index is -1.11. The van der Waals surface area contributed by atoms with Gasteiger partial charge in [-0.05, 0) is 29.7 Å². The zero-order valence-electron chi connectivity index (χ0n) is 15.7.